The molecule has 0 amide bonds. The van der Waals surface area contributed by atoms with E-state index in [1.54, 1.807) is 6.20 Å². The van der Waals surface area contributed by atoms with E-state index in [0.29, 0.717) is 0 Å². The van der Waals surface area contributed by atoms with Crippen LogP contribution in [0.4, 0.5) is 0 Å². The predicted octanol–water partition coefficient (Wildman–Crippen LogP) is 2.07. The van der Waals surface area contributed by atoms with Crippen molar-refractivity contribution in [2.45, 2.75) is 26.3 Å². The fourth-order valence-electron chi connectivity index (χ4n) is 2.18. The Hall–Kier alpha value is -2.30. The number of nitrogens with one attached hydrogen (secondary N) is 2. The molecule has 0 aliphatic rings. The smallest absolute Gasteiger partial charge is 0.191 e. The van der Waals surface area contributed by atoms with Crippen LogP contribution in [-0.2, 0) is 13.0 Å². The summed E-state index contributed by atoms with van der Waals surface area (Å²) in [5.74, 6) is 0.885. The quantitative estimate of drug-likeness (QED) is 0.446. The molecule has 0 atom stereocenters. The van der Waals surface area contributed by atoms with Gasteiger partial charge in [-0.1, -0.05) is 30.3 Å². The average Bonchev–Trinajstić information content (AvgIpc) is 3.06. The predicted molar refractivity (Wildman–Crippen MR) is 91.0 cm³/mol. The van der Waals surface area contributed by atoms with E-state index in [1.807, 2.05) is 17.1 Å². The van der Waals surface area contributed by atoms with E-state index >= 15 is 0 Å². The highest BCUT2D eigenvalue weighted by Gasteiger charge is 1.97. The van der Waals surface area contributed by atoms with Crippen LogP contribution in [0.5, 0.6) is 0 Å². The Morgan fingerprint density at radius 1 is 1.23 bits per heavy atom. The Labute approximate surface area is 132 Å². The van der Waals surface area contributed by atoms with E-state index in [1.165, 1.54) is 5.56 Å². The maximum absolute atomic E-state index is 4.62. The van der Waals surface area contributed by atoms with Gasteiger partial charge in [0.15, 0.2) is 5.96 Å². The molecule has 0 aliphatic heterocycles. The molecule has 0 saturated carbocycles. The lowest BCUT2D eigenvalue weighted by Crippen LogP contribution is -2.38. The van der Waals surface area contributed by atoms with Crippen LogP contribution in [0, 0.1) is 0 Å². The zero-order valence-electron chi connectivity index (χ0n) is 13.2. The van der Waals surface area contributed by atoms with Crippen molar-refractivity contribution >= 4 is 5.96 Å². The van der Waals surface area contributed by atoms with Gasteiger partial charge in [0.1, 0.15) is 0 Å². The monoisotopic (exact) mass is 299 g/mol. The topological polar surface area (TPSA) is 54.2 Å². The van der Waals surface area contributed by atoms with Gasteiger partial charge in [0.05, 0.1) is 6.33 Å². The molecule has 1 aromatic carbocycles. The van der Waals surface area contributed by atoms with E-state index in [4.69, 9.17) is 0 Å². The van der Waals surface area contributed by atoms with Crippen molar-refractivity contribution in [2.24, 2.45) is 4.99 Å². The van der Waals surface area contributed by atoms with Gasteiger partial charge in [0.2, 0.25) is 0 Å². The maximum Gasteiger partial charge on any atom is 0.191 e. The van der Waals surface area contributed by atoms with Gasteiger partial charge in [-0.25, -0.2) is 4.98 Å². The minimum Gasteiger partial charge on any atom is -0.357 e. The fraction of sp³-hybridized carbons (Fsp3) is 0.412. The van der Waals surface area contributed by atoms with Crippen LogP contribution in [-0.4, -0.2) is 35.1 Å². The van der Waals surface area contributed by atoms with E-state index in [9.17, 15) is 0 Å². The van der Waals surface area contributed by atoms with Crippen LogP contribution in [0.15, 0.2) is 54.0 Å². The summed E-state index contributed by atoms with van der Waals surface area (Å²) in [6.45, 7) is 5.50. The van der Waals surface area contributed by atoms with E-state index in [-0.39, 0.29) is 0 Å². The Kier molecular flexibility index (Phi) is 7.02. The third kappa shape index (κ3) is 5.99. The van der Waals surface area contributed by atoms with E-state index in [2.05, 4.69) is 57.9 Å². The van der Waals surface area contributed by atoms with Crippen LogP contribution >= 0.6 is 0 Å². The second kappa shape index (κ2) is 9.60. The van der Waals surface area contributed by atoms with Gasteiger partial charge in [-0.2, -0.15) is 0 Å². The molecule has 1 heterocycles. The molecule has 0 radical (unpaired) electrons. The van der Waals surface area contributed by atoms with Crippen LogP contribution in [0.2, 0.25) is 0 Å². The van der Waals surface area contributed by atoms with Crippen molar-refractivity contribution in [2.75, 3.05) is 19.6 Å². The van der Waals surface area contributed by atoms with Crippen molar-refractivity contribution in [1.29, 1.82) is 0 Å². The Morgan fingerprint density at radius 2 is 2.09 bits per heavy atom. The van der Waals surface area contributed by atoms with Crippen molar-refractivity contribution in [3.05, 3.63) is 54.6 Å². The van der Waals surface area contributed by atoms with E-state index in [0.717, 1.165) is 45.0 Å². The van der Waals surface area contributed by atoms with Crippen molar-refractivity contribution in [1.82, 2.24) is 20.2 Å². The lowest BCUT2D eigenvalue weighted by atomic mass is 10.1. The average molecular weight is 299 g/mol. The number of hydrogen-bond acceptors (Lipinski definition) is 2. The summed E-state index contributed by atoms with van der Waals surface area (Å²) in [5.41, 5.74) is 1.37. The molecule has 0 saturated heterocycles. The molecule has 5 nitrogen and oxygen atoms in total. The largest absolute Gasteiger partial charge is 0.357 e. The highest BCUT2D eigenvalue weighted by molar-refractivity contribution is 5.79. The summed E-state index contributed by atoms with van der Waals surface area (Å²) in [4.78, 5) is 8.65. The zero-order chi connectivity index (χ0) is 15.5. The first-order valence-electron chi connectivity index (χ1n) is 7.90. The molecule has 1 aromatic heterocycles. The van der Waals surface area contributed by atoms with Gasteiger partial charge < -0.3 is 15.2 Å². The Morgan fingerprint density at radius 3 is 2.82 bits per heavy atom. The van der Waals surface area contributed by atoms with Crippen molar-refractivity contribution in [3.63, 3.8) is 0 Å². The lowest BCUT2D eigenvalue weighted by Gasteiger charge is -2.11. The van der Waals surface area contributed by atoms with Gasteiger partial charge in [-0.05, 0) is 25.3 Å². The Bertz CT molecular complexity index is 533. The minimum atomic E-state index is 0.829. The second-order valence-corrected chi connectivity index (χ2v) is 5.08. The van der Waals surface area contributed by atoms with Crippen LogP contribution in [0.1, 0.15) is 18.9 Å². The van der Waals surface area contributed by atoms with Gasteiger partial charge in [0.25, 0.3) is 0 Å². The summed E-state index contributed by atoms with van der Waals surface area (Å²) in [5, 5.41) is 6.62. The summed E-state index contributed by atoms with van der Waals surface area (Å²) in [7, 11) is 0. The van der Waals surface area contributed by atoms with Gasteiger partial charge in [0, 0.05) is 38.6 Å². The molecule has 5 heteroatoms. The van der Waals surface area contributed by atoms with Crippen LogP contribution < -0.4 is 10.6 Å². The van der Waals surface area contributed by atoms with Gasteiger partial charge in [-0.15, -0.1) is 0 Å². The molecule has 2 aromatic rings. The number of nitrogens with zero attached hydrogens (tertiary/aromatic N) is 3. The number of benzene rings is 1. The number of hydrogen-bond donors (Lipinski definition) is 2. The third-order valence-electron chi connectivity index (χ3n) is 3.30. The van der Waals surface area contributed by atoms with Gasteiger partial charge >= 0.3 is 0 Å². The first-order chi connectivity index (χ1) is 10.9. The number of imidazole rings is 1. The number of aliphatic imine (C=N–C) groups is 1. The maximum atomic E-state index is 4.62. The first kappa shape index (κ1) is 16.1. The highest BCUT2D eigenvalue weighted by Crippen LogP contribution is 2.02. The summed E-state index contributed by atoms with van der Waals surface area (Å²) >= 11 is 0. The highest BCUT2D eigenvalue weighted by atomic mass is 15.2. The number of aromatic nitrogens is 2. The molecule has 2 rings (SSSR count). The number of guanidine groups is 1. The Balaban J connectivity index is 1.69. The standard InChI is InChI=1S/C17H25N5/c1-2-19-17(21-12-14-22-13-11-18-15-22)20-10-6-9-16-7-4-3-5-8-16/h3-5,7-8,11,13,15H,2,6,9-10,12,14H2,1H3,(H2,19,20,21). The first-order valence-corrected chi connectivity index (χ1v) is 7.90. The fourth-order valence-corrected chi connectivity index (χ4v) is 2.18. The van der Waals surface area contributed by atoms with E-state index < -0.39 is 0 Å². The molecule has 118 valence electrons. The number of aryl methyl sites for hydroxylation is 1. The van der Waals surface area contributed by atoms with Crippen LogP contribution in [0.25, 0.3) is 0 Å². The molecule has 0 spiro atoms. The molecule has 2 N–H and O–H groups in total. The molecular weight excluding hydrogens is 274 g/mol. The molecule has 0 bridgehead atoms. The summed E-state index contributed by atoms with van der Waals surface area (Å²) in [6.07, 6.45) is 7.71. The van der Waals surface area contributed by atoms with Gasteiger partial charge in [-0.3, -0.25) is 4.99 Å². The summed E-state index contributed by atoms with van der Waals surface area (Å²) in [6, 6.07) is 10.5. The molecular formula is C17H25N5. The summed E-state index contributed by atoms with van der Waals surface area (Å²) < 4.78 is 2.05. The lowest BCUT2D eigenvalue weighted by molar-refractivity contribution is 0.661. The molecule has 0 fully saturated rings. The molecule has 22 heavy (non-hydrogen) atoms. The molecule has 0 aliphatic carbocycles. The number of rotatable bonds is 8. The molecule has 0 unspecified atom stereocenters. The van der Waals surface area contributed by atoms with Crippen LogP contribution in [0.3, 0.4) is 0 Å². The van der Waals surface area contributed by atoms with Crippen molar-refractivity contribution < 1.29 is 0 Å². The van der Waals surface area contributed by atoms with Crippen molar-refractivity contribution in [3.8, 4) is 0 Å². The zero-order valence-corrected chi connectivity index (χ0v) is 13.2. The normalized spacial score (nSPS) is 11.4. The minimum absolute atomic E-state index is 0.829. The second-order valence-electron chi connectivity index (χ2n) is 5.08. The third-order valence-corrected chi connectivity index (χ3v) is 3.30. The SMILES string of the molecule is CCNC(=NCCCc1ccccc1)NCCn1ccnc1.